The number of hydrogen-bond donors (Lipinski definition) is 1. The minimum Gasteiger partial charge on any atom is -0.356 e. The standard InChI is InChI=1S/C16H25ClN6.HI/c1-13-9-20-23(10-13)7-5-6-19-16(18-2)22(4)12-15-8-14(17)11-21(15)3;/h8-11H,5-7,12H2,1-4H3,(H,18,19);1H. The highest BCUT2D eigenvalue weighted by molar-refractivity contribution is 14.0. The van der Waals surface area contributed by atoms with Crippen molar-refractivity contribution in [2.75, 3.05) is 20.6 Å². The van der Waals surface area contributed by atoms with Crippen molar-refractivity contribution in [3.63, 3.8) is 0 Å². The van der Waals surface area contributed by atoms with Gasteiger partial charge < -0.3 is 14.8 Å². The summed E-state index contributed by atoms with van der Waals surface area (Å²) in [5, 5.41) is 8.43. The molecule has 24 heavy (non-hydrogen) atoms. The fraction of sp³-hybridized carbons (Fsp3) is 0.500. The van der Waals surface area contributed by atoms with Crippen LogP contribution >= 0.6 is 35.6 Å². The molecule has 0 unspecified atom stereocenters. The van der Waals surface area contributed by atoms with Crippen LogP contribution in [-0.4, -0.2) is 45.8 Å². The van der Waals surface area contributed by atoms with Crippen LogP contribution in [0.25, 0.3) is 0 Å². The molecule has 6 nitrogen and oxygen atoms in total. The van der Waals surface area contributed by atoms with Gasteiger partial charge in [0.05, 0.1) is 17.8 Å². The monoisotopic (exact) mass is 464 g/mol. The van der Waals surface area contributed by atoms with E-state index in [1.807, 2.05) is 48.7 Å². The van der Waals surface area contributed by atoms with Crippen molar-refractivity contribution in [1.82, 2.24) is 24.6 Å². The molecule has 0 fully saturated rings. The van der Waals surface area contributed by atoms with Crippen LogP contribution < -0.4 is 5.32 Å². The van der Waals surface area contributed by atoms with E-state index in [0.29, 0.717) is 0 Å². The molecule has 0 saturated heterocycles. The van der Waals surface area contributed by atoms with Crippen molar-refractivity contribution in [3.8, 4) is 0 Å². The molecule has 134 valence electrons. The molecular weight excluding hydrogens is 439 g/mol. The number of aliphatic imine (C=N–C) groups is 1. The van der Waals surface area contributed by atoms with Gasteiger partial charge in [0.2, 0.25) is 0 Å². The molecule has 0 atom stereocenters. The SMILES string of the molecule is CN=C(NCCCn1cc(C)cn1)N(C)Cc1cc(Cl)cn1C.I. The Morgan fingerprint density at radius 1 is 1.42 bits per heavy atom. The van der Waals surface area contributed by atoms with E-state index >= 15 is 0 Å². The minimum absolute atomic E-state index is 0. The summed E-state index contributed by atoms with van der Waals surface area (Å²) in [5.41, 5.74) is 2.34. The van der Waals surface area contributed by atoms with E-state index in [1.54, 1.807) is 7.05 Å². The van der Waals surface area contributed by atoms with E-state index in [1.165, 1.54) is 5.56 Å². The summed E-state index contributed by atoms with van der Waals surface area (Å²) >= 11 is 6.03. The molecule has 0 aliphatic carbocycles. The quantitative estimate of drug-likeness (QED) is 0.310. The number of nitrogens with zero attached hydrogens (tertiary/aromatic N) is 5. The summed E-state index contributed by atoms with van der Waals surface area (Å²) in [6, 6.07) is 1.98. The van der Waals surface area contributed by atoms with Gasteiger partial charge in [0, 0.05) is 52.3 Å². The maximum Gasteiger partial charge on any atom is 0.193 e. The second-order valence-electron chi connectivity index (χ2n) is 5.72. The predicted molar refractivity (Wildman–Crippen MR) is 110 cm³/mol. The lowest BCUT2D eigenvalue weighted by Crippen LogP contribution is -2.39. The zero-order valence-electron chi connectivity index (χ0n) is 14.7. The Balaban J connectivity index is 0.00000288. The van der Waals surface area contributed by atoms with E-state index in [-0.39, 0.29) is 24.0 Å². The van der Waals surface area contributed by atoms with Crippen molar-refractivity contribution in [1.29, 1.82) is 0 Å². The zero-order valence-corrected chi connectivity index (χ0v) is 17.7. The highest BCUT2D eigenvalue weighted by atomic mass is 127. The number of halogens is 2. The Morgan fingerprint density at radius 2 is 2.17 bits per heavy atom. The van der Waals surface area contributed by atoms with Gasteiger partial charge in [-0.3, -0.25) is 9.67 Å². The van der Waals surface area contributed by atoms with Gasteiger partial charge in [0.1, 0.15) is 0 Å². The number of hydrogen-bond acceptors (Lipinski definition) is 2. The lowest BCUT2D eigenvalue weighted by molar-refractivity contribution is 0.457. The molecule has 0 bridgehead atoms. The fourth-order valence-electron chi connectivity index (χ4n) is 2.46. The normalized spacial score (nSPS) is 11.3. The predicted octanol–water partition coefficient (Wildman–Crippen LogP) is 2.90. The first kappa shape index (κ1) is 20.8. The van der Waals surface area contributed by atoms with E-state index in [9.17, 15) is 0 Å². The second-order valence-corrected chi connectivity index (χ2v) is 6.16. The first-order valence-corrected chi connectivity index (χ1v) is 8.09. The third-order valence-corrected chi connectivity index (χ3v) is 3.86. The van der Waals surface area contributed by atoms with Gasteiger partial charge >= 0.3 is 0 Å². The summed E-state index contributed by atoms with van der Waals surface area (Å²) in [5.74, 6) is 0.874. The number of aromatic nitrogens is 3. The Morgan fingerprint density at radius 3 is 2.71 bits per heavy atom. The average Bonchev–Trinajstić information content (AvgIpc) is 3.04. The highest BCUT2D eigenvalue weighted by Gasteiger charge is 2.09. The lowest BCUT2D eigenvalue weighted by Gasteiger charge is -2.22. The Hall–Kier alpha value is -1.22. The van der Waals surface area contributed by atoms with Gasteiger partial charge in [-0.05, 0) is 25.0 Å². The van der Waals surface area contributed by atoms with Crippen LogP contribution in [0.3, 0.4) is 0 Å². The molecule has 1 N–H and O–H groups in total. The minimum atomic E-state index is 0. The van der Waals surface area contributed by atoms with Crippen molar-refractivity contribution in [3.05, 3.63) is 40.9 Å². The molecule has 0 aromatic carbocycles. The fourth-order valence-corrected chi connectivity index (χ4v) is 2.73. The van der Waals surface area contributed by atoms with Gasteiger partial charge in [-0.15, -0.1) is 24.0 Å². The van der Waals surface area contributed by atoms with Crippen LogP contribution in [0.2, 0.25) is 5.02 Å². The summed E-state index contributed by atoms with van der Waals surface area (Å²) in [7, 11) is 5.82. The van der Waals surface area contributed by atoms with Crippen LogP contribution in [0.15, 0.2) is 29.6 Å². The third-order valence-electron chi connectivity index (χ3n) is 3.66. The van der Waals surface area contributed by atoms with E-state index in [2.05, 4.69) is 26.5 Å². The van der Waals surface area contributed by atoms with Crippen LogP contribution in [0.4, 0.5) is 0 Å². The number of aryl methyl sites for hydroxylation is 3. The molecule has 0 aliphatic rings. The molecule has 2 aromatic heterocycles. The number of guanidine groups is 1. The smallest absolute Gasteiger partial charge is 0.193 e. The molecule has 0 saturated carbocycles. The van der Waals surface area contributed by atoms with Crippen molar-refractivity contribution in [2.45, 2.75) is 26.4 Å². The zero-order chi connectivity index (χ0) is 16.8. The molecule has 0 aliphatic heterocycles. The topological polar surface area (TPSA) is 50.4 Å². The summed E-state index contributed by atoms with van der Waals surface area (Å²) in [6.45, 7) is 4.55. The molecule has 2 aromatic rings. The van der Waals surface area contributed by atoms with E-state index in [4.69, 9.17) is 11.6 Å². The molecular formula is C16H26ClIN6. The van der Waals surface area contributed by atoms with Crippen LogP contribution in [0.5, 0.6) is 0 Å². The molecule has 2 rings (SSSR count). The third kappa shape index (κ3) is 6.01. The van der Waals surface area contributed by atoms with Crippen LogP contribution in [-0.2, 0) is 20.1 Å². The summed E-state index contributed by atoms with van der Waals surface area (Å²) in [4.78, 5) is 6.42. The Labute approximate surface area is 165 Å². The molecule has 0 amide bonds. The second kappa shape index (κ2) is 9.93. The van der Waals surface area contributed by atoms with E-state index in [0.717, 1.165) is 42.7 Å². The van der Waals surface area contributed by atoms with Gasteiger partial charge in [0.15, 0.2) is 5.96 Å². The summed E-state index contributed by atoms with van der Waals surface area (Å²) < 4.78 is 4.00. The maximum atomic E-state index is 6.03. The number of nitrogens with one attached hydrogen (secondary N) is 1. The van der Waals surface area contributed by atoms with Gasteiger partial charge in [-0.1, -0.05) is 11.6 Å². The average molecular weight is 465 g/mol. The van der Waals surface area contributed by atoms with Crippen LogP contribution in [0, 0.1) is 6.92 Å². The van der Waals surface area contributed by atoms with Gasteiger partial charge in [-0.25, -0.2) is 0 Å². The summed E-state index contributed by atoms with van der Waals surface area (Å²) in [6.07, 6.45) is 6.84. The molecule has 8 heteroatoms. The molecule has 0 spiro atoms. The lowest BCUT2D eigenvalue weighted by atomic mass is 10.4. The van der Waals surface area contributed by atoms with E-state index < -0.39 is 0 Å². The molecule has 0 radical (unpaired) electrons. The van der Waals surface area contributed by atoms with Gasteiger partial charge in [-0.2, -0.15) is 5.10 Å². The largest absolute Gasteiger partial charge is 0.356 e. The van der Waals surface area contributed by atoms with Crippen LogP contribution in [0.1, 0.15) is 17.7 Å². The molecule has 2 heterocycles. The number of rotatable bonds is 6. The highest BCUT2D eigenvalue weighted by Crippen LogP contribution is 2.14. The Kier molecular flexibility index (Phi) is 8.61. The van der Waals surface area contributed by atoms with Crippen molar-refractivity contribution >= 4 is 41.5 Å². The van der Waals surface area contributed by atoms with Crippen molar-refractivity contribution < 1.29 is 0 Å². The first-order chi connectivity index (χ1) is 11.0. The van der Waals surface area contributed by atoms with Crippen molar-refractivity contribution in [2.24, 2.45) is 12.0 Å². The van der Waals surface area contributed by atoms with Gasteiger partial charge in [0.25, 0.3) is 0 Å². The maximum absolute atomic E-state index is 6.03. The first-order valence-electron chi connectivity index (χ1n) is 7.71. The Bertz CT molecular complexity index is 663.